The lowest BCUT2D eigenvalue weighted by Crippen LogP contribution is -2.17. The monoisotopic (exact) mass is 228 g/mol. The summed E-state index contributed by atoms with van der Waals surface area (Å²) in [5.41, 5.74) is 0.918. The van der Waals surface area contributed by atoms with E-state index in [0.29, 0.717) is 11.3 Å². The number of hydrogen-bond donors (Lipinski definition) is 2. The van der Waals surface area contributed by atoms with Crippen molar-refractivity contribution in [2.75, 3.05) is 18.0 Å². The number of carbonyl (C=O) groups is 1. The first-order valence-electron chi connectivity index (χ1n) is 4.22. The molecule has 0 heterocycles. The van der Waals surface area contributed by atoms with Gasteiger partial charge in [-0.2, -0.15) is 0 Å². The van der Waals surface area contributed by atoms with E-state index in [4.69, 9.17) is 0 Å². The molecule has 6 heteroatoms. The Morgan fingerprint density at radius 3 is 2.13 bits per heavy atom. The average Bonchev–Trinajstić information content (AvgIpc) is 2.15. The maximum absolute atomic E-state index is 11.2. The molecule has 1 aromatic rings. The summed E-state index contributed by atoms with van der Waals surface area (Å²) in [5, 5.41) is 2.47. The maximum Gasteiger partial charge on any atom is 0.251 e. The molecule has 1 amide bonds. The van der Waals surface area contributed by atoms with Gasteiger partial charge in [-0.05, 0) is 24.3 Å². The molecule has 0 unspecified atom stereocenters. The van der Waals surface area contributed by atoms with Crippen LogP contribution in [0, 0.1) is 0 Å². The van der Waals surface area contributed by atoms with E-state index in [1.165, 1.54) is 19.2 Å². The Hall–Kier alpha value is -1.56. The van der Waals surface area contributed by atoms with Crippen molar-refractivity contribution in [2.24, 2.45) is 0 Å². The van der Waals surface area contributed by atoms with Crippen LogP contribution >= 0.6 is 0 Å². The van der Waals surface area contributed by atoms with E-state index in [9.17, 15) is 13.2 Å². The van der Waals surface area contributed by atoms with Crippen molar-refractivity contribution < 1.29 is 13.2 Å². The van der Waals surface area contributed by atoms with E-state index in [-0.39, 0.29) is 5.91 Å². The van der Waals surface area contributed by atoms with Crippen molar-refractivity contribution in [3.63, 3.8) is 0 Å². The molecule has 0 fully saturated rings. The Morgan fingerprint density at radius 2 is 1.73 bits per heavy atom. The second-order valence-electron chi connectivity index (χ2n) is 3.03. The second kappa shape index (κ2) is 4.31. The van der Waals surface area contributed by atoms with Crippen molar-refractivity contribution in [1.82, 2.24) is 5.32 Å². The zero-order valence-corrected chi connectivity index (χ0v) is 9.26. The van der Waals surface area contributed by atoms with Gasteiger partial charge in [-0.25, -0.2) is 8.42 Å². The van der Waals surface area contributed by atoms with Crippen LogP contribution in [0.25, 0.3) is 0 Å². The SMILES string of the molecule is CNC(=O)c1ccc(NS(C)(=O)=O)cc1. The Morgan fingerprint density at radius 1 is 1.20 bits per heavy atom. The molecule has 0 atom stereocenters. The lowest BCUT2D eigenvalue weighted by molar-refractivity contribution is 0.0963. The summed E-state index contributed by atoms with van der Waals surface area (Å²) in [6.45, 7) is 0. The van der Waals surface area contributed by atoms with Crippen LogP contribution in [-0.4, -0.2) is 27.6 Å². The van der Waals surface area contributed by atoms with Crippen LogP contribution in [0.15, 0.2) is 24.3 Å². The molecule has 5 nitrogen and oxygen atoms in total. The average molecular weight is 228 g/mol. The van der Waals surface area contributed by atoms with Gasteiger partial charge in [-0.3, -0.25) is 9.52 Å². The highest BCUT2D eigenvalue weighted by Gasteiger charge is 2.04. The normalized spacial score (nSPS) is 10.8. The molecule has 0 spiro atoms. The van der Waals surface area contributed by atoms with Gasteiger partial charge >= 0.3 is 0 Å². The van der Waals surface area contributed by atoms with Gasteiger partial charge in [-0.1, -0.05) is 0 Å². The van der Waals surface area contributed by atoms with Gasteiger partial charge in [0.25, 0.3) is 5.91 Å². The smallest absolute Gasteiger partial charge is 0.251 e. The standard InChI is InChI=1S/C9H12N2O3S/c1-10-9(12)7-3-5-8(6-4-7)11-15(2,13)14/h3-6,11H,1-2H3,(H,10,12). The first-order chi connectivity index (χ1) is 6.92. The summed E-state index contributed by atoms with van der Waals surface area (Å²) in [6, 6.07) is 6.16. The quantitative estimate of drug-likeness (QED) is 0.787. The van der Waals surface area contributed by atoms with Crippen LogP contribution in [0.5, 0.6) is 0 Å². The Bertz CT molecular complexity index is 451. The van der Waals surface area contributed by atoms with E-state index in [0.717, 1.165) is 6.26 Å². The summed E-state index contributed by atoms with van der Waals surface area (Å²) >= 11 is 0. The van der Waals surface area contributed by atoms with Gasteiger partial charge in [0.1, 0.15) is 0 Å². The fraction of sp³-hybridized carbons (Fsp3) is 0.222. The predicted octanol–water partition coefficient (Wildman–Crippen LogP) is 0.418. The van der Waals surface area contributed by atoms with Crippen LogP contribution in [0.4, 0.5) is 5.69 Å². The minimum absolute atomic E-state index is 0.207. The number of hydrogen-bond acceptors (Lipinski definition) is 3. The van der Waals surface area contributed by atoms with Gasteiger partial charge in [0.15, 0.2) is 0 Å². The highest BCUT2D eigenvalue weighted by Crippen LogP contribution is 2.10. The van der Waals surface area contributed by atoms with Crippen molar-refractivity contribution >= 4 is 21.6 Å². The van der Waals surface area contributed by atoms with Gasteiger partial charge in [0.2, 0.25) is 10.0 Å². The molecule has 15 heavy (non-hydrogen) atoms. The second-order valence-corrected chi connectivity index (χ2v) is 4.78. The van der Waals surface area contributed by atoms with Crippen molar-refractivity contribution in [1.29, 1.82) is 0 Å². The van der Waals surface area contributed by atoms with Crippen LogP contribution in [0.1, 0.15) is 10.4 Å². The molecule has 0 aliphatic heterocycles. The highest BCUT2D eigenvalue weighted by molar-refractivity contribution is 7.92. The Balaban J connectivity index is 2.86. The largest absolute Gasteiger partial charge is 0.355 e. The number of benzene rings is 1. The zero-order chi connectivity index (χ0) is 11.5. The fourth-order valence-electron chi connectivity index (χ4n) is 1.05. The van der Waals surface area contributed by atoms with Crippen LogP contribution in [-0.2, 0) is 10.0 Å². The molecule has 0 aliphatic rings. The Labute approximate surface area is 88.5 Å². The third-order valence-corrected chi connectivity index (χ3v) is 2.28. The van der Waals surface area contributed by atoms with Crippen molar-refractivity contribution in [2.45, 2.75) is 0 Å². The molecule has 82 valence electrons. The summed E-state index contributed by atoms with van der Waals surface area (Å²) in [7, 11) is -1.73. The van der Waals surface area contributed by atoms with Crippen molar-refractivity contribution in [3.05, 3.63) is 29.8 Å². The molecular formula is C9H12N2O3S. The van der Waals surface area contributed by atoms with Crippen molar-refractivity contribution in [3.8, 4) is 0 Å². The molecule has 0 saturated heterocycles. The minimum Gasteiger partial charge on any atom is -0.355 e. The first kappa shape index (κ1) is 11.5. The van der Waals surface area contributed by atoms with E-state index in [1.807, 2.05) is 0 Å². The van der Waals surface area contributed by atoms with E-state index in [1.54, 1.807) is 12.1 Å². The summed E-state index contributed by atoms with van der Waals surface area (Å²) in [4.78, 5) is 11.2. The summed E-state index contributed by atoms with van der Waals surface area (Å²) in [6.07, 6.45) is 1.07. The van der Waals surface area contributed by atoms with Gasteiger partial charge in [-0.15, -0.1) is 0 Å². The lowest BCUT2D eigenvalue weighted by atomic mass is 10.2. The van der Waals surface area contributed by atoms with Crippen LogP contribution in [0.3, 0.4) is 0 Å². The third kappa shape index (κ3) is 3.59. The number of nitrogens with one attached hydrogen (secondary N) is 2. The third-order valence-electron chi connectivity index (χ3n) is 1.68. The Kier molecular flexibility index (Phi) is 3.31. The number of carbonyl (C=O) groups excluding carboxylic acids is 1. The maximum atomic E-state index is 11.2. The van der Waals surface area contributed by atoms with Crippen LogP contribution in [0.2, 0.25) is 0 Å². The highest BCUT2D eigenvalue weighted by atomic mass is 32.2. The first-order valence-corrected chi connectivity index (χ1v) is 6.11. The molecule has 1 rings (SSSR count). The van der Waals surface area contributed by atoms with Gasteiger partial charge in [0.05, 0.1) is 6.26 Å². The zero-order valence-electron chi connectivity index (χ0n) is 8.44. The molecule has 0 aromatic heterocycles. The number of sulfonamides is 1. The molecule has 0 radical (unpaired) electrons. The van der Waals surface area contributed by atoms with E-state index in [2.05, 4.69) is 10.0 Å². The molecule has 2 N–H and O–H groups in total. The molecule has 0 aliphatic carbocycles. The van der Waals surface area contributed by atoms with E-state index < -0.39 is 10.0 Å². The number of rotatable bonds is 3. The fourth-order valence-corrected chi connectivity index (χ4v) is 1.61. The molecular weight excluding hydrogens is 216 g/mol. The van der Waals surface area contributed by atoms with Gasteiger partial charge in [0, 0.05) is 18.3 Å². The van der Waals surface area contributed by atoms with E-state index >= 15 is 0 Å². The minimum atomic E-state index is -3.27. The molecule has 0 saturated carbocycles. The predicted molar refractivity (Wildman–Crippen MR) is 58.3 cm³/mol. The summed E-state index contributed by atoms with van der Waals surface area (Å²) in [5.74, 6) is -0.207. The summed E-state index contributed by atoms with van der Waals surface area (Å²) < 4.78 is 24.1. The molecule has 1 aromatic carbocycles. The van der Waals surface area contributed by atoms with Gasteiger partial charge < -0.3 is 5.32 Å². The lowest BCUT2D eigenvalue weighted by Gasteiger charge is -2.04. The number of amides is 1. The molecule has 0 bridgehead atoms. The number of anilines is 1. The van der Waals surface area contributed by atoms with Crippen LogP contribution < -0.4 is 10.0 Å². The topological polar surface area (TPSA) is 75.3 Å².